The molecule has 0 fully saturated rings. The highest BCUT2D eigenvalue weighted by molar-refractivity contribution is 5.66. The number of allylic oxidation sites excluding steroid dienone is 1. The topological polar surface area (TPSA) is 74.6 Å². The van der Waals surface area contributed by atoms with Crippen LogP contribution in [0.15, 0.2) is 12.7 Å². The molecule has 0 atom stereocenters. The molecule has 0 aromatic heterocycles. The largest absolute Gasteiger partial charge is 0.481 e. The van der Waals surface area contributed by atoms with Gasteiger partial charge in [-0.25, -0.2) is 0 Å². The highest BCUT2D eigenvalue weighted by atomic mass is 16.4. The monoisotopic (exact) mass is 244 g/mol. The molecule has 0 aliphatic heterocycles. The molecule has 0 saturated heterocycles. The van der Waals surface area contributed by atoms with Gasteiger partial charge < -0.3 is 10.2 Å². The Kier molecular flexibility index (Phi) is 15.6. The van der Waals surface area contributed by atoms with Crippen molar-refractivity contribution < 1.29 is 19.8 Å². The van der Waals surface area contributed by atoms with Gasteiger partial charge in [0.25, 0.3) is 0 Å². The number of aliphatic carboxylic acids is 2. The van der Waals surface area contributed by atoms with E-state index in [0.717, 1.165) is 12.8 Å². The van der Waals surface area contributed by atoms with Crippen molar-refractivity contribution in [1.29, 1.82) is 0 Å². The van der Waals surface area contributed by atoms with Crippen molar-refractivity contribution in [1.82, 2.24) is 0 Å². The van der Waals surface area contributed by atoms with Gasteiger partial charge in [0.1, 0.15) is 0 Å². The van der Waals surface area contributed by atoms with Crippen LogP contribution in [0.1, 0.15) is 58.3 Å². The van der Waals surface area contributed by atoms with Crippen molar-refractivity contribution in [2.24, 2.45) is 0 Å². The van der Waals surface area contributed by atoms with Crippen LogP contribution in [0.4, 0.5) is 0 Å². The minimum absolute atomic E-state index is 0.198. The maximum Gasteiger partial charge on any atom is 0.303 e. The van der Waals surface area contributed by atoms with Crippen LogP contribution in [-0.4, -0.2) is 22.2 Å². The van der Waals surface area contributed by atoms with Gasteiger partial charge in [-0.2, -0.15) is 0 Å². The molecule has 0 aliphatic rings. The molecule has 2 N–H and O–H groups in total. The van der Waals surface area contributed by atoms with Gasteiger partial charge in [-0.15, -0.1) is 6.58 Å². The zero-order valence-electron chi connectivity index (χ0n) is 10.7. The van der Waals surface area contributed by atoms with Gasteiger partial charge in [0.15, 0.2) is 0 Å². The van der Waals surface area contributed by atoms with Gasteiger partial charge in [0.2, 0.25) is 0 Å². The van der Waals surface area contributed by atoms with E-state index in [-0.39, 0.29) is 6.42 Å². The predicted molar refractivity (Wildman–Crippen MR) is 68.1 cm³/mol. The lowest BCUT2D eigenvalue weighted by atomic mass is 10.1. The fraction of sp³-hybridized carbons (Fsp3) is 0.692. The van der Waals surface area contributed by atoms with E-state index in [0.29, 0.717) is 12.8 Å². The Hall–Kier alpha value is -1.32. The summed E-state index contributed by atoms with van der Waals surface area (Å²) in [5.41, 5.74) is 0. The predicted octanol–water partition coefficient (Wildman–Crippen LogP) is 3.47. The number of rotatable bonds is 9. The summed E-state index contributed by atoms with van der Waals surface area (Å²) in [6.45, 7) is 5.52. The third kappa shape index (κ3) is 25.2. The Bertz CT molecular complexity index is 211. The van der Waals surface area contributed by atoms with E-state index in [2.05, 4.69) is 13.5 Å². The highest BCUT2D eigenvalue weighted by Crippen LogP contribution is 2.04. The van der Waals surface area contributed by atoms with E-state index in [4.69, 9.17) is 10.2 Å². The average molecular weight is 244 g/mol. The highest BCUT2D eigenvalue weighted by Gasteiger charge is 1.94. The Labute approximate surface area is 103 Å². The Morgan fingerprint density at radius 1 is 1.00 bits per heavy atom. The van der Waals surface area contributed by atoms with Gasteiger partial charge in [0.05, 0.1) is 0 Å². The molecule has 0 aliphatic carbocycles. The number of carbonyl (C=O) groups is 2. The second-order valence-electron chi connectivity index (χ2n) is 3.78. The molecule has 0 aromatic rings. The van der Waals surface area contributed by atoms with Crippen LogP contribution in [0.3, 0.4) is 0 Å². The maximum absolute atomic E-state index is 10.0. The lowest BCUT2D eigenvalue weighted by molar-refractivity contribution is -0.138. The Morgan fingerprint density at radius 2 is 1.53 bits per heavy atom. The van der Waals surface area contributed by atoms with E-state index in [1.807, 2.05) is 0 Å². The van der Waals surface area contributed by atoms with Crippen molar-refractivity contribution in [3.8, 4) is 0 Å². The zero-order chi connectivity index (χ0) is 13.5. The molecule has 4 nitrogen and oxygen atoms in total. The van der Waals surface area contributed by atoms with Gasteiger partial charge in [-0.3, -0.25) is 9.59 Å². The van der Waals surface area contributed by atoms with E-state index in [1.165, 1.54) is 19.3 Å². The van der Waals surface area contributed by atoms with Gasteiger partial charge in [-0.05, 0) is 12.8 Å². The fourth-order valence-corrected chi connectivity index (χ4v) is 1.11. The van der Waals surface area contributed by atoms with Crippen molar-refractivity contribution in [3.05, 3.63) is 12.7 Å². The smallest absolute Gasteiger partial charge is 0.303 e. The molecule has 17 heavy (non-hydrogen) atoms. The lowest BCUT2D eigenvalue weighted by Gasteiger charge is -1.95. The first-order valence-corrected chi connectivity index (χ1v) is 6.09. The van der Waals surface area contributed by atoms with Crippen LogP contribution in [-0.2, 0) is 9.59 Å². The number of hydrogen-bond acceptors (Lipinski definition) is 2. The summed E-state index contributed by atoms with van der Waals surface area (Å²) >= 11 is 0. The number of unbranched alkanes of at least 4 members (excludes halogenated alkanes) is 4. The molecule has 4 heteroatoms. The molecule has 0 bridgehead atoms. The molecule has 0 heterocycles. The second kappa shape index (κ2) is 14.7. The number of carboxylic acid groups (broad SMARTS) is 2. The van der Waals surface area contributed by atoms with E-state index in [9.17, 15) is 9.59 Å². The standard InChI is InChI=1S/C8H16O2.C5H8O2/c1-2-3-4-5-6-7-8(9)10;1-2-3-4-5(6)7/h2-7H2,1H3,(H,9,10);2H,1,3-4H2,(H,6,7). The van der Waals surface area contributed by atoms with Crippen molar-refractivity contribution in [2.45, 2.75) is 58.3 Å². The molecule has 0 aromatic carbocycles. The minimum Gasteiger partial charge on any atom is -0.481 e. The number of carboxylic acids is 2. The van der Waals surface area contributed by atoms with Crippen molar-refractivity contribution >= 4 is 11.9 Å². The molecular weight excluding hydrogens is 220 g/mol. The molecule has 0 rings (SSSR count). The first-order chi connectivity index (χ1) is 8.04. The van der Waals surface area contributed by atoms with Crippen LogP contribution in [0, 0.1) is 0 Å². The molecule has 0 radical (unpaired) electrons. The quantitative estimate of drug-likeness (QED) is 0.481. The third-order valence-electron chi connectivity index (χ3n) is 2.06. The average Bonchev–Trinajstić information content (AvgIpc) is 2.26. The first kappa shape index (κ1) is 18.1. The molecule has 0 saturated carbocycles. The van der Waals surface area contributed by atoms with Gasteiger partial charge >= 0.3 is 11.9 Å². The van der Waals surface area contributed by atoms with E-state index in [1.54, 1.807) is 6.08 Å². The SMILES string of the molecule is C=CCCC(=O)O.CCCCCCCC(=O)O. The summed E-state index contributed by atoms with van der Waals surface area (Å²) in [6.07, 6.45) is 8.24. The first-order valence-electron chi connectivity index (χ1n) is 6.09. The van der Waals surface area contributed by atoms with E-state index >= 15 is 0 Å². The summed E-state index contributed by atoms with van der Waals surface area (Å²) in [7, 11) is 0. The lowest BCUT2D eigenvalue weighted by Crippen LogP contribution is -1.93. The Morgan fingerprint density at radius 3 is 1.88 bits per heavy atom. The van der Waals surface area contributed by atoms with Gasteiger partial charge in [0, 0.05) is 12.8 Å². The number of hydrogen-bond donors (Lipinski definition) is 2. The summed E-state index contributed by atoms with van der Waals surface area (Å²) in [5.74, 6) is -1.43. The van der Waals surface area contributed by atoms with Crippen LogP contribution >= 0.6 is 0 Å². The fourth-order valence-electron chi connectivity index (χ4n) is 1.11. The van der Waals surface area contributed by atoms with Crippen LogP contribution in [0.2, 0.25) is 0 Å². The molecule has 0 unspecified atom stereocenters. The van der Waals surface area contributed by atoms with Crippen molar-refractivity contribution in [2.75, 3.05) is 0 Å². The molecule has 0 amide bonds. The Balaban J connectivity index is 0. The maximum atomic E-state index is 10.0. The summed E-state index contributed by atoms with van der Waals surface area (Å²) < 4.78 is 0. The molecule has 0 spiro atoms. The minimum atomic E-state index is -0.764. The molecule has 100 valence electrons. The van der Waals surface area contributed by atoms with Crippen LogP contribution in [0.25, 0.3) is 0 Å². The third-order valence-corrected chi connectivity index (χ3v) is 2.06. The second-order valence-corrected chi connectivity index (χ2v) is 3.78. The summed E-state index contributed by atoms with van der Waals surface area (Å²) in [6, 6.07) is 0. The van der Waals surface area contributed by atoms with Gasteiger partial charge in [-0.1, -0.05) is 38.7 Å². The summed E-state index contributed by atoms with van der Waals surface area (Å²) in [4.78, 5) is 19.7. The summed E-state index contributed by atoms with van der Waals surface area (Å²) in [5, 5.41) is 16.3. The normalized spacial score (nSPS) is 9.00. The van der Waals surface area contributed by atoms with E-state index < -0.39 is 11.9 Å². The van der Waals surface area contributed by atoms with Crippen LogP contribution in [0.5, 0.6) is 0 Å². The van der Waals surface area contributed by atoms with Crippen molar-refractivity contribution in [3.63, 3.8) is 0 Å². The molecular formula is C13H24O4. The van der Waals surface area contributed by atoms with Crippen LogP contribution < -0.4 is 0 Å². The zero-order valence-corrected chi connectivity index (χ0v) is 10.7.